The van der Waals surface area contributed by atoms with Crippen LogP contribution in [0.4, 0.5) is 16.2 Å². The summed E-state index contributed by atoms with van der Waals surface area (Å²) in [6, 6.07) is 18.5. The summed E-state index contributed by atoms with van der Waals surface area (Å²) in [4.78, 5) is 22.4. The zero-order chi connectivity index (χ0) is 22.2. The first-order valence-electron chi connectivity index (χ1n) is 9.24. The van der Waals surface area contributed by atoms with E-state index < -0.39 is 11.0 Å². The first-order chi connectivity index (χ1) is 14.9. The van der Waals surface area contributed by atoms with Gasteiger partial charge >= 0.3 is 6.03 Å². The van der Waals surface area contributed by atoms with Crippen molar-refractivity contribution in [1.29, 1.82) is 0 Å². The SMILES string of the molecule is Cc1ccccc1NC(=O)NN=Cc1cc(Br)ccc1OCc1ccc([N+](=O)[O-])cc1. The van der Waals surface area contributed by atoms with Crippen LogP contribution in [0.2, 0.25) is 0 Å². The molecular weight excluding hydrogens is 464 g/mol. The monoisotopic (exact) mass is 482 g/mol. The van der Waals surface area contributed by atoms with Crippen molar-refractivity contribution in [2.24, 2.45) is 5.10 Å². The van der Waals surface area contributed by atoms with Crippen molar-refractivity contribution in [3.05, 3.63) is 98.0 Å². The van der Waals surface area contributed by atoms with Crippen molar-refractivity contribution < 1.29 is 14.5 Å². The molecule has 0 fully saturated rings. The Kier molecular flexibility index (Phi) is 7.34. The number of nitrogens with one attached hydrogen (secondary N) is 2. The molecule has 3 aromatic rings. The number of benzene rings is 3. The van der Waals surface area contributed by atoms with Crippen molar-refractivity contribution >= 4 is 39.6 Å². The summed E-state index contributed by atoms with van der Waals surface area (Å²) in [5, 5.41) is 17.5. The van der Waals surface area contributed by atoms with E-state index in [2.05, 4.69) is 31.8 Å². The number of nitrogens with zero attached hydrogens (tertiary/aromatic N) is 2. The Hall–Kier alpha value is -3.72. The van der Waals surface area contributed by atoms with Gasteiger partial charge in [-0.15, -0.1) is 0 Å². The lowest BCUT2D eigenvalue weighted by molar-refractivity contribution is -0.384. The maximum absolute atomic E-state index is 12.1. The Labute approximate surface area is 187 Å². The summed E-state index contributed by atoms with van der Waals surface area (Å²) in [6.45, 7) is 2.12. The molecule has 9 heteroatoms. The van der Waals surface area contributed by atoms with Crippen LogP contribution in [-0.2, 0) is 6.61 Å². The van der Waals surface area contributed by atoms with Crippen molar-refractivity contribution in [3.63, 3.8) is 0 Å². The molecule has 31 heavy (non-hydrogen) atoms. The summed E-state index contributed by atoms with van der Waals surface area (Å²) in [5.41, 5.74) is 5.52. The van der Waals surface area contributed by atoms with E-state index in [1.54, 1.807) is 30.3 Å². The van der Waals surface area contributed by atoms with Crippen molar-refractivity contribution in [2.45, 2.75) is 13.5 Å². The topological polar surface area (TPSA) is 106 Å². The molecule has 0 unspecified atom stereocenters. The first kappa shape index (κ1) is 22.0. The third kappa shape index (κ3) is 6.38. The van der Waals surface area contributed by atoms with Crippen molar-refractivity contribution in [3.8, 4) is 5.75 Å². The number of hydrogen-bond donors (Lipinski definition) is 2. The van der Waals surface area contributed by atoms with E-state index in [0.29, 0.717) is 17.0 Å². The number of halogens is 1. The van der Waals surface area contributed by atoms with Crippen LogP contribution in [-0.4, -0.2) is 17.2 Å². The van der Waals surface area contributed by atoms with Gasteiger partial charge in [-0.1, -0.05) is 34.1 Å². The third-order valence-corrected chi connectivity index (χ3v) is 4.77. The summed E-state index contributed by atoms with van der Waals surface area (Å²) in [7, 11) is 0. The number of amides is 2. The minimum atomic E-state index is -0.464. The minimum absolute atomic E-state index is 0.0234. The van der Waals surface area contributed by atoms with Crippen LogP contribution in [0.25, 0.3) is 0 Å². The normalized spacial score (nSPS) is 10.6. The number of carbonyl (C=O) groups excluding carboxylic acids is 1. The van der Waals surface area contributed by atoms with E-state index in [-0.39, 0.29) is 12.3 Å². The molecule has 2 amide bonds. The second-order valence-electron chi connectivity index (χ2n) is 6.53. The van der Waals surface area contributed by atoms with Gasteiger partial charge in [0.1, 0.15) is 12.4 Å². The highest BCUT2D eigenvalue weighted by Gasteiger charge is 2.07. The summed E-state index contributed by atoms with van der Waals surface area (Å²) in [6.07, 6.45) is 1.48. The Morgan fingerprint density at radius 1 is 1.16 bits per heavy atom. The smallest absolute Gasteiger partial charge is 0.339 e. The molecule has 8 nitrogen and oxygen atoms in total. The Morgan fingerprint density at radius 3 is 2.61 bits per heavy atom. The zero-order valence-electron chi connectivity index (χ0n) is 16.5. The Morgan fingerprint density at radius 2 is 1.90 bits per heavy atom. The fraction of sp³-hybridized carbons (Fsp3) is 0.0909. The van der Waals surface area contributed by atoms with Gasteiger partial charge in [-0.3, -0.25) is 10.1 Å². The number of carbonyl (C=O) groups is 1. The van der Waals surface area contributed by atoms with Crippen LogP contribution < -0.4 is 15.5 Å². The van der Waals surface area contributed by atoms with Crippen LogP contribution in [0.3, 0.4) is 0 Å². The van der Waals surface area contributed by atoms with Gasteiger partial charge in [-0.2, -0.15) is 5.10 Å². The summed E-state index contributed by atoms with van der Waals surface area (Å²) < 4.78 is 6.66. The predicted molar refractivity (Wildman–Crippen MR) is 122 cm³/mol. The van der Waals surface area contributed by atoms with Crippen molar-refractivity contribution in [1.82, 2.24) is 5.43 Å². The summed E-state index contributed by atoms with van der Waals surface area (Å²) >= 11 is 3.41. The van der Waals surface area contributed by atoms with Gasteiger partial charge in [0, 0.05) is 27.9 Å². The molecule has 0 aliphatic carbocycles. The third-order valence-electron chi connectivity index (χ3n) is 4.28. The van der Waals surface area contributed by atoms with E-state index in [1.165, 1.54) is 18.3 Å². The molecular formula is C22H19BrN4O4. The molecule has 0 bridgehead atoms. The Balaban J connectivity index is 1.63. The highest BCUT2D eigenvalue weighted by molar-refractivity contribution is 9.10. The average molecular weight is 483 g/mol. The maximum Gasteiger partial charge on any atom is 0.339 e. The molecule has 0 aliphatic heterocycles. The van der Waals surface area contributed by atoms with Gasteiger partial charge in [0.15, 0.2) is 0 Å². The Bertz CT molecular complexity index is 1120. The summed E-state index contributed by atoms with van der Waals surface area (Å²) in [5.74, 6) is 0.548. The quantitative estimate of drug-likeness (QED) is 0.267. The number of hydrogen-bond acceptors (Lipinski definition) is 5. The fourth-order valence-electron chi connectivity index (χ4n) is 2.65. The molecule has 2 N–H and O–H groups in total. The van der Waals surface area contributed by atoms with Crippen molar-refractivity contribution in [2.75, 3.05) is 5.32 Å². The van der Waals surface area contributed by atoms with Gasteiger partial charge in [-0.05, 0) is 54.4 Å². The molecule has 0 aliphatic rings. The molecule has 0 atom stereocenters. The number of aryl methyl sites for hydroxylation is 1. The van der Waals surface area contributed by atoms with E-state index in [9.17, 15) is 14.9 Å². The van der Waals surface area contributed by atoms with Gasteiger partial charge in [0.25, 0.3) is 5.69 Å². The lowest BCUT2D eigenvalue weighted by Crippen LogP contribution is -2.24. The molecule has 0 aromatic heterocycles. The second-order valence-corrected chi connectivity index (χ2v) is 7.45. The van der Waals surface area contributed by atoms with Gasteiger partial charge in [0.05, 0.1) is 11.1 Å². The number of nitro groups is 1. The number of urea groups is 1. The molecule has 0 heterocycles. The molecule has 0 saturated heterocycles. The fourth-order valence-corrected chi connectivity index (χ4v) is 3.03. The number of para-hydroxylation sites is 1. The molecule has 0 radical (unpaired) electrons. The molecule has 3 rings (SSSR count). The van der Waals surface area contributed by atoms with E-state index in [4.69, 9.17) is 4.74 Å². The van der Waals surface area contributed by atoms with Crippen LogP contribution in [0, 0.1) is 17.0 Å². The molecule has 3 aromatic carbocycles. The number of hydrazone groups is 1. The van der Waals surface area contributed by atoms with E-state index >= 15 is 0 Å². The van der Waals surface area contributed by atoms with E-state index in [1.807, 2.05) is 31.2 Å². The molecule has 0 spiro atoms. The van der Waals surface area contributed by atoms with Gasteiger partial charge in [-0.25, -0.2) is 10.2 Å². The lowest BCUT2D eigenvalue weighted by Gasteiger charge is -2.10. The first-order valence-corrected chi connectivity index (χ1v) is 10.0. The highest BCUT2D eigenvalue weighted by Crippen LogP contribution is 2.23. The minimum Gasteiger partial charge on any atom is -0.488 e. The predicted octanol–water partition coefficient (Wildman–Crippen LogP) is 5.40. The molecule has 158 valence electrons. The van der Waals surface area contributed by atoms with Crippen LogP contribution >= 0.6 is 15.9 Å². The number of ether oxygens (including phenoxy) is 1. The maximum atomic E-state index is 12.1. The standard InChI is InChI=1S/C22H19BrN4O4/c1-15-4-2-3-5-20(15)25-22(28)26-24-13-17-12-18(23)8-11-21(17)31-14-16-6-9-19(10-7-16)27(29)30/h2-13H,14H2,1H3,(H2,25,26,28). The van der Waals surface area contributed by atoms with Crippen LogP contribution in [0.5, 0.6) is 5.75 Å². The van der Waals surface area contributed by atoms with Crippen LogP contribution in [0.1, 0.15) is 16.7 Å². The largest absolute Gasteiger partial charge is 0.488 e. The van der Waals surface area contributed by atoms with Gasteiger partial charge in [0.2, 0.25) is 0 Å². The number of non-ortho nitro benzene ring substituents is 1. The number of rotatable bonds is 7. The zero-order valence-corrected chi connectivity index (χ0v) is 18.1. The average Bonchev–Trinajstić information content (AvgIpc) is 2.75. The second kappa shape index (κ2) is 10.4. The van der Waals surface area contributed by atoms with Crippen LogP contribution in [0.15, 0.2) is 76.3 Å². The lowest BCUT2D eigenvalue weighted by atomic mass is 10.2. The molecule has 0 saturated carbocycles. The number of nitro benzene ring substituents is 1. The van der Waals surface area contributed by atoms with Gasteiger partial charge < -0.3 is 10.1 Å². The highest BCUT2D eigenvalue weighted by atomic mass is 79.9. The van der Waals surface area contributed by atoms with E-state index in [0.717, 1.165) is 15.6 Å². The number of anilines is 1.